The number of amides is 1. The van der Waals surface area contributed by atoms with E-state index in [2.05, 4.69) is 27.4 Å². The van der Waals surface area contributed by atoms with Gasteiger partial charge in [-0.05, 0) is 32.1 Å². The SMILES string of the molecule is C=CC(=O)[N+](CCCC)(CCCCC)CCCCC. The van der Waals surface area contributed by atoms with Gasteiger partial charge in [-0.15, -0.1) is 0 Å². The molecule has 2 nitrogen and oxygen atoms in total. The van der Waals surface area contributed by atoms with Crippen LogP contribution < -0.4 is 0 Å². The third-order valence-corrected chi connectivity index (χ3v) is 3.96. The summed E-state index contributed by atoms with van der Waals surface area (Å²) in [6.45, 7) is 13.4. The van der Waals surface area contributed by atoms with E-state index in [0.29, 0.717) is 4.48 Å². The highest BCUT2D eigenvalue weighted by atomic mass is 16.2. The smallest absolute Gasteiger partial charge is 0.257 e. The van der Waals surface area contributed by atoms with Crippen LogP contribution >= 0.6 is 0 Å². The predicted octanol–water partition coefficient (Wildman–Crippen LogP) is 4.70. The Morgan fingerprint density at radius 2 is 1.26 bits per heavy atom. The third kappa shape index (κ3) is 6.91. The van der Waals surface area contributed by atoms with Crippen LogP contribution in [0.25, 0.3) is 0 Å². The van der Waals surface area contributed by atoms with Crippen molar-refractivity contribution >= 4 is 5.91 Å². The third-order valence-electron chi connectivity index (χ3n) is 3.96. The highest BCUT2D eigenvalue weighted by Crippen LogP contribution is 2.17. The molecule has 0 N–H and O–H groups in total. The van der Waals surface area contributed by atoms with Gasteiger partial charge in [0.2, 0.25) is 0 Å². The normalized spacial score (nSPS) is 11.5. The number of nitrogens with zero attached hydrogens (tertiary/aromatic N) is 1. The molecule has 0 aromatic heterocycles. The molecule has 0 aromatic rings. The highest BCUT2D eigenvalue weighted by molar-refractivity contribution is 5.80. The van der Waals surface area contributed by atoms with E-state index in [1.165, 1.54) is 25.7 Å². The summed E-state index contributed by atoms with van der Waals surface area (Å²) < 4.78 is 0.650. The molecular formula is C17H34NO+. The minimum atomic E-state index is 0.237. The molecule has 0 aromatic carbocycles. The Morgan fingerprint density at radius 3 is 1.63 bits per heavy atom. The standard InChI is InChI=1S/C17H34NO/c1-5-9-12-15-18(14-11-7-3,17(19)8-4)16-13-10-6-2/h8H,4-7,9-16H2,1-3H3/q+1. The molecule has 112 valence electrons. The van der Waals surface area contributed by atoms with Gasteiger partial charge in [0.15, 0.2) is 0 Å². The summed E-state index contributed by atoms with van der Waals surface area (Å²) in [6, 6.07) is 0. The molecule has 0 saturated carbocycles. The van der Waals surface area contributed by atoms with Crippen molar-refractivity contribution in [2.45, 2.75) is 72.1 Å². The van der Waals surface area contributed by atoms with Crippen LogP contribution in [0.2, 0.25) is 0 Å². The van der Waals surface area contributed by atoms with Crippen molar-refractivity contribution in [1.82, 2.24) is 0 Å². The second kappa shape index (κ2) is 11.2. The van der Waals surface area contributed by atoms with E-state index in [9.17, 15) is 4.79 Å². The Hall–Kier alpha value is -0.630. The fourth-order valence-electron chi connectivity index (χ4n) is 2.65. The maximum atomic E-state index is 12.4. The van der Waals surface area contributed by atoms with Crippen LogP contribution in [0.5, 0.6) is 0 Å². The van der Waals surface area contributed by atoms with Gasteiger partial charge in [-0.3, -0.25) is 4.48 Å². The minimum absolute atomic E-state index is 0.237. The van der Waals surface area contributed by atoms with Crippen molar-refractivity contribution in [3.63, 3.8) is 0 Å². The number of hydrogen-bond donors (Lipinski definition) is 0. The van der Waals surface area contributed by atoms with Crippen LogP contribution in [0.3, 0.4) is 0 Å². The number of quaternary nitrogens is 1. The molecule has 0 aliphatic heterocycles. The molecule has 0 unspecified atom stereocenters. The molecule has 0 bridgehead atoms. The molecule has 0 aliphatic carbocycles. The fraction of sp³-hybridized carbons (Fsp3) is 0.824. The van der Waals surface area contributed by atoms with Crippen LogP contribution in [0.1, 0.15) is 72.1 Å². The van der Waals surface area contributed by atoms with Crippen molar-refractivity contribution in [2.75, 3.05) is 19.6 Å². The Kier molecular flexibility index (Phi) is 10.8. The largest absolute Gasteiger partial charge is 0.338 e. The van der Waals surface area contributed by atoms with E-state index in [1.54, 1.807) is 6.08 Å². The summed E-state index contributed by atoms with van der Waals surface area (Å²) in [6.07, 6.45) is 11.0. The van der Waals surface area contributed by atoms with Crippen LogP contribution in [-0.4, -0.2) is 30.0 Å². The van der Waals surface area contributed by atoms with E-state index < -0.39 is 0 Å². The van der Waals surface area contributed by atoms with E-state index in [1.807, 2.05) is 0 Å². The van der Waals surface area contributed by atoms with Crippen molar-refractivity contribution < 1.29 is 9.28 Å². The first kappa shape index (κ1) is 18.4. The molecule has 0 rings (SSSR count). The zero-order valence-electron chi connectivity index (χ0n) is 13.4. The predicted molar refractivity (Wildman–Crippen MR) is 84.0 cm³/mol. The van der Waals surface area contributed by atoms with Crippen LogP contribution in [0.15, 0.2) is 12.7 Å². The molecule has 1 amide bonds. The Morgan fingerprint density at radius 1 is 0.842 bits per heavy atom. The van der Waals surface area contributed by atoms with E-state index in [4.69, 9.17) is 0 Å². The minimum Gasteiger partial charge on any atom is -0.257 e. The average molecular weight is 268 g/mol. The quantitative estimate of drug-likeness (QED) is 0.285. The second-order valence-electron chi connectivity index (χ2n) is 5.63. The van der Waals surface area contributed by atoms with Crippen molar-refractivity contribution in [2.24, 2.45) is 0 Å². The van der Waals surface area contributed by atoms with E-state index in [0.717, 1.165) is 45.3 Å². The lowest BCUT2D eigenvalue weighted by atomic mass is 10.1. The van der Waals surface area contributed by atoms with Crippen LogP contribution in [0.4, 0.5) is 0 Å². The Balaban J connectivity index is 4.73. The molecule has 0 atom stereocenters. The van der Waals surface area contributed by atoms with Crippen molar-refractivity contribution in [1.29, 1.82) is 0 Å². The summed E-state index contributed by atoms with van der Waals surface area (Å²) in [5, 5.41) is 0. The van der Waals surface area contributed by atoms with Gasteiger partial charge in [-0.2, -0.15) is 0 Å². The van der Waals surface area contributed by atoms with Crippen molar-refractivity contribution in [3.05, 3.63) is 12.7 Å². The fourth-order valence-corrected chi connectivity index (χ4v) is 2.65. The second-order valence-corrected chi connectivity index (χ2v) is 5.63. The molecule has 0 radical (unpaired) electrons. The Bertz CT molecular complexity index is 238. The summed E-state index contributed by atoms with van der Waals surface area (Å²) in [7, 11) is 0. The summed E-state index contributed by atoms with van der Waals surface area (Å²) >= 11 is 0. The summed E-state index contributed by atoms with van der Waals surface area (Å²) in [5.41, 5.74) is 0. The number of rotatable bonds is 12. The maximum Gasteiger partial charge on any atom is 0.338 e. The van der Waals surface area contributed by atoms with Crippen LogP contribution in [-0.2, 0) is 4.79 Å². The number of carbonyl (C=O) groups is 1. The monoisotopic (exact) mass is 268 g/mol. The maximum absolute atomic E-state index is 12.4. The molecule has 0 fully saturated rings. The van der Waals surface area contributed by atoms with Crippen LogP contribution in [0, 0.1) is 0 Å². The first-order valence-corrected chi connectivity index (χ1v) is 8.19. The van der Waals surface area contributed by atoms with Gasteiger partial charge in [0.25, 0.3) is 0 Å². The van der Waals surface area contributed by atoms with Crippen molar-refractivity contribution in [3.8, 4) is 0 Å². The molecule has 2 heteroatoms. The lowest BCUT2D eigenvalue weighted by Gasteiger charge is -2.35. The van der Waals surface area contributed by atoms with E-state index >= 15 is 0 Å². The first-order valence-electron chi connectivity index (χ1n) is 8.19. The van der Waals surface area contributed by atoms with Gasteiger partial charge in [0.05, 0.1) is 19.6 Å². The summed E-state index contributed by atoms with van der Waals surface area (Å²) in [4.78, 5) is 12.4. The topological polar surface area (TPSA) is 17.1 Å². The summed E-state index contributed by atoms with van der Waals surface area (Å²) in [5.74, 6) is 0.237. The van der Waals surface area contributed by atoms with Gasteiger partial charge in [-0.1, -0.05) is 46.6 Å². The molecule has 0 spiro atoms. The lowest BCUT2D eigenvalue weighted by molar-refractivity contribution is -0.853. The van der Waals surface area contributed by atoms with Gasteiger partial charge >= 0.3 is 5.91 Å². The van der Waals surface area contributed by atoms with Gasteiger partial charge < -0.3 is 0 Å². The molecule has 0 aliphatic rings. The lowest BCUT2D eigenvalue weighted by Crippen LogP contribution is -2.53. The van der Waals surface area contributed by atoms with Gasteiger partial charge in [-0.25, -0.2) is 4.79 Å². The average Bonchev–Trinajstić information content (AvgIpc) is 2.43. The van der Waals surface area contributed by atoms with Gasteiger partial charge in [0, 0.05) is 6.08 Å². The zero-order chi connectivity index (χ0) is 14.6. The van der Waals surface area contributed by atoms with Gasteiger partial charge in [0.1, 0.15) is 0 Å². The van der Waals surface area contributed by atoms with E-state index in [-0.39, 0.29) is 5.91 Å². The zero-order valence-corrected chi connectivity index (χ0v) is 13.4. The highest BCUT2D eigenvalue weighted by Gasteiger charge is 2.32. The molecule has 0 heterocycles. The Labute approximate surface area is 120 Å². The molecule has 19 heavy (non-hydrogen) atoms. The molecule has 0 saturated heterocycles. The number of hydrogen-bond acceptors (Lipinski definition) is 1. The number of carbonyl (C=O) groups excluding carboxylic acids is 1. The molecular weight excluding hydrogens is 234 g/mol. The number of unbranched alkanes of at least 4 members (excludes halogenated alkanes) is 5. The first-order chi connectivity index (χ1) is 9.16.